The fourth-order valence-corrected chi connectivity index (χ4v) is 2.84. The van der Waals surface area contributed by atoms with E-state index in [0.29, 0.717) is 24.1 Å². The van der Waals surface area contributed by atoms with Crippen LogP contribution in [0.3, 0.4) is 0 Å². The number of amides is 3. The van der Waals surface area contributed by atoms with Gasteiger partial charge in [0.15, 0.2) is 11.0 Å². The number of urea groups is 1. The molecule has 0 spiro atoms. The fourth-order valence-electron chi connectivity index (χ4n) is 1.96. The molecular formula is C15H20N6O3S. The van der Waals surface area contributed by atoms with Crippen LogP contribution in [0, 0.1) is 0 Å². The molecule has 0 aliphatic heterocycles. The molecule has 0 fully saturated rings. The third kappa shape index (κ3) is 5.00. The van der Waals surface area contributed by atoms with Gasteiger partial charge in [0.05, 0.1) is 18.4 Å². The third-order valence-electron chi connectivity index (χ3n) is 3.29. The summed E-state index contributed by atoms with van der Waals surface area (Å²) in [5.74, 6) is 0.261. The number of nitrogens with one attached hydrogen (secondary N) is 2. The first-order chi connectivity index (χ1) is 12.1. The van der Waals surface area contributed by atoms with Crippen molar-refractivity contribution in [2.24, 2.45) is 0 Å². The number of imide groups is 1. The molecule has 25 heavy (non-hydrogen) atoms. The summed E-state index contributed by atoms with van der Waals surface area (Å²) in [5, 5.41) is 13.1. The number of nitrogens with zero attached hydrogens (tertiary/aromatic N) is 4. The van der Waals surface area contributed by atoms with E-state index in [4.69, 9.17) is 4.74 Å². The van der Waals surface area contributed by atoms with Gasteiger partial charge in [0.2, 0.25) is 5.91 Å². The van der Waals surface area contributed by atoms with Crippen molar-refractivity contribution < 1.29 is 14.3 Å². The maximum absolute atomic E-state index is 12.0. The van der Waals surface area contributed by atoms with E-state index in [2.05, 4.69) is 25.8 Å². The second-order valence-corrected chi connectivity index (χ2v) is 6.32. The summed E-state index contributed by atoms with van der Waals surface area (Å²) in [7, 11) is 3.06. The molecule has 134 valence electrons. The van der Waals surface area contributed by atoms with Crippen molar-refractivity contribution in [2.75, 3.05) is 20.8 Å². The Morgan fingerprint density at radius 1 is 1.32 bits per heavy atom. The minimum absolute atomic E-state index is 0.406. The van der Waals surface area contributed by atoms with Gasteiger partial charge in [0, 0.05) is 32.1 Å². The average molecular weight is 364 g/mol. The molecule has 2 heterocycles. The molecule has 2 N–H and O–H groups in total. The molecule has 10 heteroatoms. The number of carbonyl (C=O) groups excluding carboxylic acids is 2. The summed E-state index contributed by atoms with van der Waals surface area (Å²) in [6.45, 7) is 2.71. The second kappa shape index (κ2) is 9.14. The molecule has 0 aliphatic rings. The lowest BCUT2D eigenvalue weighted by atomic mass is 10.2. The summed E-state index contributed by atoms with van der Waals surface area (Å²) in [6, 6.07) is 3.13. The Hall–Kier alpha value is -2.46. The Morgan fingerprint density at radius 3 is 2.68 bits per heavy atom. The van der Waals surface area contributed by atoms with Crippen LogP contribution in [0.15, 0.2) is 29.7 Å². The minimum Gasteiger partial charge on any atom is -0.383 e. The maximum Gasteiger partial charge on any atom is 0.321 e. The van der Waals surface area contributed by atoms with Gasteiger partial charge in [-0.2, -0.15) is 0 Å². The molecule has 0 saturated heterocycles. The average Bonchev–Trinajstić information content (AvgIpc) is 3.02. The first-order valence-corrected chi connectivity index (χ1v) is 8.46. The Bertz CT molecular complexity index is 721. The van der Waals surface area contributed by atoms with Crippen LogP contribution in [0.25, 0.3) is 11.4 Å². The lowest BCUT2D eigenvalue weighted by Gasteiger charge is -2.13. The van der Waals surface area contributed by atoms with Gasteiger partial charge in [-0.3, -0.25) is 19.7 Å². The summed E-state index contributed by atoms with van der Waals surface area (Å²) in [6.07, 6.45) is 3.36. The molecule has 2 aromatic rings. The molecule has 0 aliphatic carbocycles. The van der Waals surface area contributed by atoms with Crippen LogP contribution in [0.4, 0.5) is 4.79 Å². The smallest absolute Gasteiger partial charge is 0.321 e. The molecule has 3 amide bonds. The van der Waals surface area contributed by atoms with Gasteiger partial charge < -0.3 is 10.1 Å². The Balaban J connectivity index is 2.21. The number of thioether (sulfide) groups is 1. The highest BCUT2D eigenvalue weighted by Gasteiger charge is 2.21. The molecule has 2 aromatic heterocycles. The number of hydrogen-bond donors (Lipinski definition) is 2. The highest BCUT2D eigenvalue weighted by atomic mass is 32.2. The van der Waals surface area contributed by atoms with E-state index >= 15 is 0 Å². The standard InChI is InChI=1S/C15H20N6O3S/c1-10(13(22)18-14(23)16-2)25-15-20-19-12(21(15)8-9-24-3)11-4-6-17-7-5-11/h4-7,10H,8-9H2,1-3H3,(H2,16,18,22,23)/t10-/m0/s1. The number of hydrogen-bond acceptors (Lipinski definition) is 7. The maximum atomic E-state index is 12.0. The molecule has 2 rings (SSSR count). The van der Waals surface area contributed by atoms with Crippen LogP contribution < -0.4 is 10.6 Å². The lowest BCUT2D eigenvalue weighted by molar-refractivity contribution is -0.119. The lowest BCUT2D eigenvalue weighted by Crippen LogP contribution is -2.41. The van der Waals surface area contributed by atoms with Crippen molar-refractivity contribution in [2.45, 2.75) is 23.9 Å². The van der Waals surface area contributed by atoms with Gasteiger partial charge in [-0.25, -0.2) is 4.79 Å². The number of ether oxygens (including phenoxy) is 1. The molecule has 0 radical (unpaired) electrons. The molecule has 1 atom stereocenters. The SMILES string of the molecule is CNC(=O)NC(=O)[C@H](C)Sc1nnc(-c2ccncc2)n1CCOC. The summed E-state index contributed by atoms with van der Waals surface area (Å²) >= 11 is 1.22. The second-order valence-electron chi connectivity index (χ2n) is 5.01. The number of rotatable bonds is 7. The van der Waals surface area contributed by atoms with Crippen LogP contribution in [-0.4, -0.2) is 57.7 Å². The van der Waals surface area contributed by atoms with Crippen molar-refractivity contribution in [1.82, 2.24) is 30.4 Å². The number of methoxy groups -OCH3 is 1. The molecule has 9 nitrogen and oxygen atoms in total. The first kappa shape index (κ1) is 18.9. The number of aromatic nitrogens is 4. The van der Waals surface area contributed by atoms with Crippen LogP contribution >= 0.6 is 11.8 Å². The van der Waals surface area contributed by atoms with E-state index in [1.165, 1.54) is 18.8 Å². The van der Waals surface area contributed by atoms with Crippen molar-refractivity contribution in [1.29, 1.82) is 0 Å². The Morgan fingerprint density at radius 2 is 2.04 bits per heavy atom. The van der Waals surface area contributed by atoms with Crippen molar-refractivity contribution >= 4 is 23.7 Å². The largest absolute Gasteiger partial charge is 0.383 e. The topological polar surface area (TPSA) is 111 Å². The fraction of sp³-hybridized carbons (Fsp3) is 0.400. The molecule has 0 saturated carbocycles. The van der Waals surface area contributed by atoms with Gasteiger partial charge in [0.1, 0.15) is 0 Å². The van der Waals surface area contributed by atoms with Crippen LogP contribution in [0.2, 0.25) is 0 Å². The predicted molar refractivity (Wildman–Crippen MR) is 93.0 cm³/mol. The van der Waals surface area contributed by atoms with Crippen LogP contribution in [0.5, 0.6) is 0 Å². The molecular weight excluding hydrogens is 344 g/mol. The third-order valence-corrected chi connectivity index (χ3v) is 4.37. The molecule has 0 aromatic carbocycles. The van der Waals surface area contributed by atoms with Gasteiger partial charge in [-0.1, -0.05) is 11.8 Å². The highest BCUT2D eigenvalue weighted by molar-refractivity contribution is 8.00. The van der Waals surface area contributed by atoms with Gasteiger partial charge in [0.25, 0.3) is 0 Å². The van der Waals surface area contributed by atoms with E-state index < -0.39 is 17.2 Å². The number of pyridine rings is 1. The van der Waals surface area contributed by atoms with Crippen molar-refractivity contribution in [3.05, 3.63) is 24.5 Å². The van der Waals surface area contributed by atoms with E-state index in [0.717, 1.165) is 5.56 Å². The minimum atomic E-state index is -0.546. The first-order valence-electron chi connectivity index (χ1n) is 7.58. The molecule has 0 unspecified atom stereocenters. The van der Waals surface area contributed by atoms with Crippen LogP contribution in [0.1, 0.15) is 6.92 Å². The monoisotopic (exact) mass is 364 g/mol. The van der Waals surface area contributed by atoms with Crippen molar-refractivity contribution in [3.8, 4) is 11.4 Å². The summed E-state index contributed by atoms with van der Waals surface area (Å²) in [5.41, 5.74) is 0.868. The van der Waals surface area contributed by atoms with Crippen LogP contribution in [-0.2, 0) is 16.1 Å². The van der Waals surface area contributed by atoms with Gasteiger partial charge in [-0.15, -0.1) is 10.2 Å². The van der Waals surface area contributed by atoms with Crippen molar-refractivity contribution in [3.63, 3.8) is 0 Å². The summed E-state index contributed by atoms with van der Waals surface area (Å²) in [4.78, 5) is 27.3. The Labute approximate surface area is 149 Å². The van der Waals surface area contributed by atoms with E-state index in [1.807, 2.05) is 16.7 Å². The summed E-state index contributed by atoms with van der Waals surface area (Å²) < 4.78 is 7.03. The zero-order chi connectivity index (χ0) is 18.2. The highest BCUT2D eigenvalue weighted by Crippen LogP contribution is 2.26. The van der Waals surface area contributed by atoms with E-state index in [1.54, 1.807) is 26.4 Å². The van der Waals surface area contributed by atoms with Gasteiger partial charge >= 0.3 is 6.03 Å². The number of carbonyl (C=O) groups is 2. The predicted octanol–water partition coefficient (Wildman–Crippen LogP) is 0.923. The van der Waals surface area contributed by atoms with E-state index in [9.17, 15) is 9.59 Å². The van der Waals surface area contributed by atoms with E-state index in [-0.39, 0.29) is 0 Å². The quantitative estimate of drug-likeness (QED) is 0.703. The molecule has 0 bridgehead atoms. The zero-order valence-electron chi connectivity index (χ0n) is 14.2. The Kier molecular flexibility index (Phi) is 6.90. The van der Waals surface area contributed by atoms with Gasteiger partial charge in [-0.05, 0) is 19.1 Å². The normalized spacial score (nSPS) is 11.8. The zero-order valence-corrected chi connectivity index (χ0v) is 15.0.